The van der Waals surface area contributed by atoms with Crippen LogP contribution in [0.4, 0.5) is 5.69 Å². The van der Waals surface area contributed by atoms with E-state index in [9.17, 15) is 4.79 Å². The number of hydrogen-bond donors (Lipinski definition) is 2. The van der Waals surface area contributed by atoms with E-state index in [4.69, 9.17) is 5.73 Å². The lowest BCUT2D eigenvalue weighted by atomic mass is 9.77. The van der Waals surface area contributed by atoms with Crippen molar-refractivity contribution in [2.75, 3.05) is 12.3 Å². The summed E-state index contributed by atoms with van der Waals surface area (Å²) in [5.74, 6) is 0.341. The predicted molar refractivity (Wildman–Crippen MR) is 80.8 cm³/mol. The van der Waals surface area contributed by atoms with E-state index in [2.05, 4.69) is 23.5 Å². The molecule has 3 nitrogen and oxygen atoms in total. The van der Waals surface area contributed by atoms with Gasteiger partial charge in [0.2, 0.25) is 0 Å². The summed E-state index contributed by atoms with van der Waals surface area (Å²) < 4.78 is 0. The molecule has 2 aromatic rings. The molecular formula is C17H18N2O. The Labute approximate surface area is 118 Å². The summed E-state index contributed by atoms with van der Waals surface area (Å²) in [5, 5.41) is 2.98. The molecule has 0 fully saturated rings. The normalized spacial score (nSPS) is 16.1. The van der Waals surface area contributed by atoms with E-state index in [1.807, 2.05) is 25.1 Å². The second kappa shape index (κ2) is 5.00. The van der Waals surface area contributed by atoms with Gasteiger partial charge in [0.15, 0.2) is 0 Å². The van der Waals surface area contributed by atoms with Crippen molar-refractivity contribution >= 4 is 11.6 Å². The third kappa shape index (κ3) is 2.27. The van der Waals surface area contributed by atoms with Gasteiger partial charge in [-0.15, -0.1) is 0 Å². The number of carbonyl (C=O) groups is 1. The first-order valence-corrected chi connectivity index (χ1v) is 6.87. The fourth-order valence-corrected chi connectivity index (χ4v) is 2.74. The number of benzene rings is 2. The molecule has 1 aliphatic carbocycles. The molecule has 0 saturated heterocycles. The quantitative estimate of drug-likeness (QED) is 0.839. The lowest BCUT2D eigenvalue weighted by Crippen LogP contribution is -2.33. The second-order valence-electron chi connectivity index (χ2n) is 5.40. The largest absolute Gasteiger partial charge is 0.398 e. The Bertz CT molecular complexity index is 664. The number of hydrogen-bond acceptors (Lipinski definition) is 2. The molecule has 0 aromatic heterocycles. The van der Waals surface area contributed by atoms with Crippen LogP contribution in [0.5, 0.6) is 0 Å². The fraction of sp³-hybridized carbons (Fsp3) is 0.235. The van der Waals surface area contributed by atoms with Gasteiger partial charge in [0.1, 0.15) is 0 Å². The van der Waals surface area contributed by atoms with Crippen molar-refractivity contribution in [3.05, 3.63) is 64.7 Å². The highest BCUT2D eigenvalue weighted by molar-refractivity contribution is 5.99. The molecule has 3 heteroatoms. The SMILES string of the molecule is Cc1ccc(C(=O)NCC2Cc3ccccc32)c(N)c1. The van der Waals surface area contributed by atoms with Gasteiger partial charge >= 0.3 is 0 Å². The van der Waals surface area contributed by atoms with E-state index in [1.165, 1.54) is 11.1 Å². The molecule has 1 unspecified atom stereocenters. The zero-order valence-corrected chi connectivity index (χ0v) is 11.5. The smallest absolute Gasteiger partial charge is 0.253 e. The molecule has 1 amide bonds. The number of nitrogens with two attached hydrogens (primary N) is 1. The van der Waals surface area contributed by atoms with Crippen LogP contribution in [-0.4, -0.2) is 12.5 Å². The van der Waals surface area contributed by atoms with Gasteiger partial charge in [0, 0.05) is 18.2 Å². The number of nitrogens with one attached hydrogen (secondary N) is 1. The average Bonchev–Trinajstić information content (AvgIpc) is 2.39. The van der Waals surface area contributed by atoms with Gasteiger partial charge < -0.3 is 11.1 Å². The molecule has 0 radical (unpaired) electrons. The Balaban J connectivity index is 1.64. The average molecular weight is 266 g/mol. The first kappa shape index (κ1) is 12.7. The number of fused-ring (bicyclic) bond motifs is 1. The maximum atomic E-state index is 12.1. The number of nitrogen functional groups attached to an aromatic ring is 1. The summed E-state index contributed by atoms with van der Waals surface area (Å²) in [6, 6.07) is 13.9. The van der Waals surface area contributed by atoms with Crippen molar-refractivity contribution in [2.45, 2.75) is 19.3 Å². The number of anilines is 1. The van der Waals surface area contributed by atoms with Gasteiger partial charge in [0.25, 0.3) is 5.91 Å². The summed E-state index contributed by atoms with van der Waals surface area (Å²) in [5.41, 5.74) is 10.8. The van der Waals surface area contributed by atoms with E-state index in [-0.39, 0.29) is 5.91 Å². The molecule has 3 rings (SSSR count). The van der Waals surface area contributed by atoms with Crippen LogP contribution in [0.15, 0.2) is 42.5 Å². The van der Waals surface area contributed by atoms with Crippen LogP contribution in [0.25, 0.3) is 0 Å². The van der Waals surface area contributed by atoms with E-state index >= 15 is 0 Å². The topological polar surface area (TPSA) is 55.1 Å². The molecule has 20 heavy (non-hydrogen) atoms. The Kier molecular flexibility index (Phi) is 3.18. The summed E-state index contributed by atoms with van der Waals surface area (Å²) in [4.78, 5) is 12.1. The summed E-state index contributed by atoms with van der Waals surface area (Å²) in [6.07, 6.45) is 1.04. The molecule has 102 valence electrons. The zero-order valence-electron chi connectivity index (χ0n) is 11.5. The molecule has 0 bridgehead atoms. The number of carbonyl (C=O) groups excluding carboxylic acids is 1. The third-order valence-corrected chi connectivity index (χ3v) is 3.92. The molecule has 1 aliphatic rings. The van der Waals surface area contributed by atoms with E-state index in [0.29, 0.717) is 23.7 Å². The van der Waals surface area contributed by atoms with Gasteiger partial charge in [-0.25, -0.2) is 0 Å². The van der Waals surface area contributed by atoms with E-state index in [0.717, 1.165) is 12.0 Å². The minimum absolute atomic E-state index is 0.0909. The Morgan fingerprint density at radius 3 is 2.85 bits per heavy atom. The monoisotopic (exact) mass is 266 g/mol. The Morgan fingerprint density at radius 1 is 1.30 bits per heavy atom. The van der Waals surface area contributed by atoms with E-state index < -0.39 is 0 Å². The second-order valence-corrected chi connectivity index (χ2v) is 5.40. The number of rotatable bonds is 3. The van der Waals surface area contributed by atoms with Crippen molar-refractivity contribution in [1.29, 1.82) is 0 Å². The molecule has 3 N–H and O–H groups in total. The van der Waals surface area contributed by atoms with E-state index in [1.54, 1.807) is 6.07 Å². The van der Waals surface area contributed by atoms with Crippen LogP contribution in [0.1, 0.15) is 33.0 Å². The van der Waals surface area contributed by atoms with Crippen molar-refractivity contribution in [2.24, 2.45) is 0 Å². The molecule has 0 aliphatic heterocycles. The third-order valence-electron chi connectivity index (χ3n) is 3.92. The van der Waals surface area contributed by atoms with Crippen LogP contribution in [0.3, 0.4) is 0 Å². The van der Waals surface area contributed by atoms with Gasteiger partial charge in [0.05, 0.1) is 5.56 Å². The minimum atomic E-state index is -0.0909. The predicted octanol–water partition coefficient (Wildman–Crippen LogP) is 2.65. The molecule has 0 heterocycles. The standard InChI is InChI=1S/C17H18N2O/c1-11-6-7-15(16(18)8-11)17(20)19-10-13-9-12-4-2-3-5-14(12)13/h2-8,13H,9-10,18H2,1H3,(H,19,20). The lowest BCUT2D eigenvalue weighted by molar-refractivity contribution is 0.0951. The molecule has 0 spiro atoms. The molecule has 1 atom stereocenters. The van der Waals surface area contributed by atoms with Gasteiger partial charge in [-0.05, 0) is 42.2 Å². The van der Waals surface area contributed by atoms with Crippen LogP contribution in [-0.2, 0) is 6.42 Å². The first-order valence-electron chi connectivity index (χ1n) is 6.87. The minimum Gasteiger partial charge on any atom is -0.398 e. The fourth-order valence-electron chi connectivity index (χ4n) is 2.74. The summed E-state index contributed by atoms with van der Waals surface area (Å²) in [6.45, 7) is 2.63. The Hall–Kier alpha value is -2.29. The van der Waals surface area contributed by atoms with Gasteiger partial charge in [-0.1, -0.05) is 30.3 Å². The highest BCUT2D eigenvalue weighted by Crippen LogP contribution is 2.34. The number of amides is 1. The Morgan fingerprint density at radius 2 is 2.10 bits per heavy atom. The molecule has 2 aromatic carbocycles. The van der Waals surface area contributed by atoms with Gasteiger partial charge in [-0.3, -0.25) is 4.79 Å². The van der Waals surface area contributed by atoms with Crippen molar-refractivity contribution in [3.8, 4) is 0 Å². The van der Waals surface area contributed by atoms with Crippen LogP contribution in [0.2, 0.25) is 0 Å². The van der Waals surface area contributed by atoms with Crippen molar-refractivity contribution in [3.63, 3.8) is 0 Å². The van der Waals surface area contributed by atoms with Crippen LogP contribution >= 0.6 is 0 Å². The zero-order chi connectivity index (χ0) is 14.1. The first-order chi connectivity index (χ1) is 9.65. The summed E-state index contributed by atoms with van der Waals surface area (Å²) in [7, 11) is 0. The summed E-state index contributed by atoms with van der Waals surface area (Å²) >= 11 is 0. The lowest BCUT2D eigenvalue weighted by Gasteiger charge is -2.30. The highest BCUT2D eigenvalue weighted by Gasteiger charge is 2.25. The molecular weight excluding hydrogens is 248 g/mol. The maximum Gasteiger partial charge on any atom is 0.253 e. The number of aryl methyl sites for hydroxylation is 1. The van der Waals surface area contributed by atoms with Crippen molar-refractivity contribution < 1.29 is 4.79 Å². The van der Waals surface area contributed by atoms with Crippen LogP contribution in [0, 0.1) is 6.92 Å². The molecule has 0 saturated carbocycles. The maximum absolute atomic E-state index is 12.1. The van der Waals surface area contributed by atoms with Crippen molar-refractivity contribution in [1.82, 2.24) is 5.32 Å². The highest BCUT2D eigenvalue weighted by atomic mass is 16.1. The van der Waals surface area contributed by atoms with Crippen LogP contribution < -0.4 is 11.1 Å². The van der Waals surface area contributed by atoms with Gasteiger partial charge in [-0.2, -0.15) is 0 Å².